The molecule has 0 amide bonds. The average Bonchev–Trinajstić information content (AvgIpc) is 2.86. The molecular weight excluding hydrogens is 502 g/mol. The minimum atomic E-state index is -4.50. The van der Waals surface area contributed by atoms with E-state index in [1.165, 1.54) is 30.7 Å². The summed E-state index contributed by atoms with van der Waals surface area (Å²) in [6.45, 7) is 1.21. The molecule has 1 atom stereocenters. The fourth-order valence-corrected chi connectivity index (χ4v) is 5.73. The van der Waals surface area contributed by atoms with Crippen LogP contribution in [-0.4, -0.2) is 44.3 Å². The van der Waals surface area contributed by atoms with Crippen molar-refractivity contribution in [3.8, 4) is 0 Å². The van der Waals surface area contributed by atoms with E-state index in [0.29, 0.717) is 16.9 Å². The minimum Gasteiger partial charge on any atom is -0.357 e. The lowest BCUT2D eigenvalue weighted by Gasteiger charge is -2.46. The van der Waals surface area contributed by atoms with E-state index in [4.69, 9.17) is 5.14 Å². The molecule has 36 heavy (non-hydrogen) atoms. The van der Waals surface area contributed by atoms with E-state index < -0.39 is 32.4 Å². The predicted octanol–water partition coefficient (Wildman–Crippen LogP) is 2.06. The lowest BCUT2D eigenvalue weighted by molar-refractivity contribution is 0.342. The zero-order valence-electron chi connectivity index (χ0n) is 19.2. The van der Waals surface area contributed by atoms with Crippen LogP contribution in [0.2, 0.25) is 0 Å². The Balaban J connectivity index is 1.81. The summed E-state index contributed by atoms with van der Waals surface area (Å²) in [5.41, 5.74) is -0.209. The molecule has 1 aliphatic heterocycles. The van der Waals surface area contributed by atoms with Crippen molar-refractivity contribution in [2.45, 2.75) is 17.5 Å². The van der Waals surface area contributed by atoms with E-state index in [1.807, 2.05) is 6.07 Å². The van der Waals surface area contributed by atoms with E-state index in [0.717, 1.165) is 4.31 Å². The zero-order chi connectivity index (χ0) is 25.8. The summed E-state index contributed by atoms with van der Waals surface area (Å²) in [6, 6.07) is 20.4. The number of benzene rings is 2. The summed E-state index contributed by atoms with van der Waals surface area (Å²) in [5.74, 6) is -0.113. The summed E-state index contributed by atoms with van der Waals surface area (Å²) >= 11 is 0. The molecule has 3 aromatic rings. The first kappa shape index (κ1) is 25.3. The standard InChI is InChI=1S/C23H25N7O4S2/c1-18-15-26-22(28-19-9-4-2-5-10-19)30(36(24,33)34)23(18,29-20-11-6-3-7-12-20)17-27-35(31,32)21-13-8-14-25-16-21/h2-16,27,29H,17H2,1H3,(H,26,28)(H2,24,33,34). The first-order valence-electron chi connectivity index (χ1n) is 10.7. The van der Waals surface area contributed by atoms with Gasteiger partial charge in [-0.05, 0) is 48.9 Å². The van der Waals surface area contributed by atoms with Gasteiger partial charge < -0.3 is 10.6 Å². The fourth-order valence-electron chi connectivity index (χ4n) is 3.68. The minimum absolute atomic E-state index is 0.0734. The number of sulfonamides is 1. The molecule has 0 saturated heterocycles. The van der Waals surface area contributed by atoms with E-state index >= 15 is 0 Å². The van der Waals surface area contributed by atoms with Gasteiger partial charge in [0.05, 0.1) is 6.54 Å². The van der Waals surface area contributed by atoms with Gasteiger partial charge in [-0.25, -0.2) is 23.3 Å². The quantitative estimate of drug-likeness (QED) is 0.349. The molecule has 1 unspecified atom stereocenters. The maximum absolute atomic E-state index is 13.1. The normalized spacial score (nSPS) is 18.2. The van der Waals surface area contributed by atoms with Crippen LogP contribution in [0.5, 0.6) is 0 Å². The molecule has 4 rings (SSSR count). The Morgan fingerprint density at radius 2 is 1.56 bits per heavy atom. The Labute approximate surface area is 210 Å². The number of hydrogen-bond acceptors (Lipinski definition) is 8. The highest BCUT2D eigenvalue weighted by molar-refractivity contribution is 7.89. The van der Waals surface area contributed by atoms with Gasteiger partial charge in [0, 0.05) is 30.0 Å². The number of rotatable bonds is 8. The largest absolute Gasteiger partial charge is 0.357 e. The van der Waals surface area contributed by atoms with Crippen LogP contribution in [0.3, 0.4) is 0 Å². The van der Waals surface area contributed by atoms with Gasteiger partial charge in [0.1, 0.15) is 4.90 Å². The fraction of sp³-hybridized carbons (Fsp3) is 0.130. The molecule has 11 nitrogen and oxygen atoms in total. The van der Waals surface area contributed by atoms with Crippen molar-refractivity contribution >= 4 is 37.6 Å². The summed E-state index contributed by atoms with van der Waals surface area (Å²) in [7, 11) is -8.56. The van der Waals surface area contributed by atoms with Crippen molar-refractivity contribution in [2.24, 2.45) is 10.1 Å². The maximum Gasteiger partial charge on any atom is 0.303 e. The highest BCUT2D eigenvalue weighted by Gasteiger charge is 2.49. The molecule has 0 spiro atoms. The first-order chi connectivity index (χ1) is 17.1. The molecular formula is C23H25N7O4S2. The number of aliphatic imine (C=N–C) groups is 1. The van der Waals surface area contributed by atoms with Gasteiger partial charge in [-0.2, -0.15) is 12.7 Å². The van der Waals surface area contributed by atoms with Gasteiger partial charge in [0.25, 0.3) is 0 Å². The monoisotopic (exact) mass is 527 g/mol. The van der Waals surface area contributed by atoms with Crippen LogP contribution in [0.4, 0.5) is 11.4 Å². The third kappa shape index (κ3) is 5.39. The smallest absolute Gasteiger partial charge is 0.303 e. The topological polar surface area (TPSA) is 159 Å². The SMILES string of the molecule is CC1=CN=C(Nc2ccccc2)N(S(N)(=O)=O)C1(CNS(=O)(=O)c1cccnc1)Nc1ccccc1. The van der Waals surface area contributed by atoms with Crippen molar-refractivity contribution in [2.75, 3.05) is 17.2 Å². The average molecular weight is 528 g/mol. The lowest BCUT2D eigenvalue weighted by atomic mass is 9.99. The molecule has 0 saturated carbocycles. The van der Waals surface area contributed by atoms with Crippen molar-refractivity contribution in [3.05, 3.63) is 97.0 Å². The maximum atomic E-state index is 13.1. The molecule has 188 valence electrons. The van der Waals surface area contributed by atoms with Crippen LogP contribution in [0, 0.1) is 0 Å². The molecule has 1 aromatic heterocycles. The van der Waals surface area contributed by atoms with Gasteiger partial charge >= 0.3 is 10.2 Å². The molecule has 0 radical (unpaired) electrons. The van der Waals surface area contributed by atoms with Crippen LogP contribution < -0.4 is 20.5 Å². The third-order valence-corrected chi connectivity index (χ3v) is 7.82. The number of anilines is 2. The van der Waals surface area contributed by atoms with Crippen LogP contribution >= 0.6 is 0 Å². The van der Waals surface area contributed by atoms with Crippen molar-refractivity contribution in [1.82, 2.24) is 14.0 Å². The molecule has 2 aromatic carbocycles. The Kier molecular flexibility index (Phi) is 7.08. The Hall–Kier alpha value is -3.78. The molecule has 0 aliphatic carbocycles. The molecule has 13 heteroatoms. The zero-order valence-corrected chi connectivity index (χ0v) is 20.9. The Morgan fingerprint density at radius 3 is 2.14 bits per heavy atom. The second-order valence-corrected chi connectivity index (χ2v) is 11.1. The van der Waals surface area contributed by atoms with Gasteiger partial charge in [0.15, 0.2) is 5.66 Å². The second kappa shape index (κ2) is 10.1. The first-order valence-corrected chi connectivity index (χ1v) is 13.7. The van der Waals surface area contributed by atoms with Gasteiger partial charge in [-0.15, -0.1) is 0 Å². The van der Waals surface area contributed by atoms with Crippen LogP contribution in [0.15, 0.2) is 107 Å². The van der Waals surface area contributed by atoms with Gasteiger partial charge in [-0.1, -0.05) is 36.4 Å². The summed E-state index contributed by atoms with van der Waals surface area (Å²) in [4.78, 5) is 8.06. The van der Waals surface area contributed by atoms with E-state index in [2.05, 4.69) is 25.3 Å². The third-order valence-electron chi connectivity index (χ3n) is 5.44. The molecule has 0 fully saturated rings. The van der Waals surface area contributed by atoms with Crippen molar-refractivity contribution in [1.29, 1.82) is 0 Å². The van der Waals surface area contributed by atoms with Gasteiger partial charge in [0.2, 0.25) is 16.0 Å². The molecule has 0 bridgehead atoms. The van der Waals surface area contributed by atoms with Crippen LogP contribution in [-0.2, 0) is 20.2 Å². The van der Waals surface area contributed by atoms with Crippen LogP contribution in [0.1, 0.15) is 6.92 Å². The van der Waals surface area contributed by atoms with Crippen molar-refractivity contribution in [3.63, 3.8) is 0 Å². The number of nitrogens with two attached hydrogens (primary N) is 1. The summed E-state index contributed by atoms with van der Waals surface area (Å²) < 4.78 is 55.6. The highest BCUT2D eigenvalue weighted by atomic mass is 32.2. The van der Waals surface area contributed by atoms with E-state index in [9.17, 15) is 16.8 Å². The Morgan fingerprint density at radius 1 is 0.917 bits per heavy atom. The molecule has 5 N–H and O–H groups in total. The number of hydrogen-bond donors (Lipinski definition) is 4. The molecule has 1 aliphatic rings. The second-order valence-electron chi connectivity index (χ2n) is 7.93. The summed E-state index contributed by atoms with van der Waals surface area (Å²) in [5, 5.41) is 11.9. The Bertz CT molecular complexity index is 1480. The van der Waals surface area contributed by atoms with E-state index in [1.54, 1.807) is 61.5 Å². The van der Waals surface area contributed by atoms with Crippen molar-refractivity contribution < 1.29 is 16.8 Å². The number of nitrogens with one attached hydrogen (secondary N) is 3. The number of guanidine groups is 1. The molecule has 2 heterocycles. The number of pyridine rings is 1. The summed E-state index contributed by atoms with van der Waals surface area (Å²) in [6.07, 6.45) is 4.11. The number of aromatic nitrogens is 1. The van der Waals surface area contributed by atoms with Gasteiger partial charge in [-0.3, -0.25) is 4.98 Å². The number of nitrogens with zero attached hydrogens (tertiary/aromatic N) is 3. The predicted molar refractivity (Wildman–Crippen MR) is 138 cm³/mol. The van der Waals surface area contributed by atoms with Crippen LogP contribution in [0.25, 0.3) is 0 Å². The van der Waals surface area contributed by atoms with E-state index in [-0.39, 0.29) is 10.9 Å². The highest BCUT2D eigenvalue weighted by Crippen LogP contribution is 2.33. The number of para-hydroxylation sites is 2. The lowest BCUT2D eigenvalue weighted by Crippen LogP contribution is -2.68.